The predicted octanol–water partition coefficient (Wildman–Crippen LogP) is 15.9. The van der Waals surface area contributed by atoms with E-state index in [2.05, 4.69) is 138 Å². The molecular formula is C44H66S4. The lowest BCUT2D eigenvalue weighted by atomic mass is 10.0. The molecule has 4 heteroatoms. The van der Waals surface area contributed by atoms with Crippen molar-refractivity contribution in [3.63, 3.8) is 0 Å². The Balaban J connectivity index is 2.03. The quantitative estimate of drug-likeness (QED) is 0.0511. The molecule has 0 bridgehead atoms. The van der Waals surface area contributed by atoms with Crippen LogP contribution in [0.4, 0.5) is 0 Å². The molecular weight excluding hydrogens is 657 g/mol. The van der Waals surface area contributed by atoms with Gasteiger partial charge in [-0.3, -0.25) is 0 Å². The van der Waals surface area contributed by atoms with Gasteiger partial charge in [-0.05, 0) is 110 Å². The molecule has 266 valence electrons. The lowest BCUT2D eigenvalue weighted by molar-refractivity contribution is 0.755. The number of thioether (sulfide) groups is 2. The smallest absolute Gasteiger partial charge is 0.0639 e. The molecule has 2 aromatic heterocycles. The Morgan fingerprint density at radius 1 is 0.375 bits per heavy atom. The van der Waals surface area contributed by atoms with Crippen LogP contribution in [0.15, 0.2) is 69.2 Å². The Kier molecular flexibility index (Phi) is 25.1. The number of hydrogen-bond acceptors (Lipinski definition) is 4. The highest BCUT2D eigenvalue weighted by Crippen LogP contribution is 2.40. The zero-order valence-electron chi connectivity index (χ0n) is 31.3. The molecule has 2 heterocycles. The number of allylic oxidation sites excluding steroid dienone is 10. The molecule has 0 aromatic carbocycles. The van der Waals surface area contributed by atoms with Gasteiger partial charge in [-0.2, -0.15) is 0 Å². The molecule has 0 fully saturated rings. The molecule has 0 aliphatic heterocycles. The van der Waals surface area contributed by atoms with Gasteiger partial charge in [-0.1, -0.05) is 141 Å². The average molecular weight is 723 g/mol. The van der Waals surface area contributed by atoms with E-state index in [-0.39, 0.29) is 0 Å². The largest absolute Gasteiger partial charge is 0.129 e. The Bertz CT molecular complexity index is 1190. The van der Waals surface area contributed by atoms with Crippen molar-refractivity contribution in [2.75, 3.05) is 11.5 Å². The van der Waals surface area contributed by atoms with Crippen LogP contribution in [0.25, 0.3) is 12.2 Å². The summed E-state index contributed by atoms with van der Waals surface area (Å²) >= 11 is 8.25. The van der Waals surface area contributed by atoms with Crippen molar-refractivity contribution in [2.45, 2.75) is 153 Å². The maximum atomic E-state index is 2.35. The van der Waals surface area contributed by atoms with E-state index in [0.29, 0.717) is 0 Å². The van der Waals surface area contributed by atoms with Gasteiger partial charge in [0.25, 0.3) is 0 Å². The minimum atomic E-state index is 1.21. The summed E-state index contributed by atoms with van der Waals surface area (Å²) in [5.74, 6) is 2.48. The maximum Gasteiger partial charge on any atom is 0.0639 e. The lowest BCUT2D eigenvalue weighted by Gasteiger charge is -2.07. The van der Waals surface area contributed by atoms with Crippen LogP contribution in [0.2, 0.25) is 0 Å². The summed E-state index contributed by atoms with van der Waals surface area (Å²) in [5, 5.41) is 0. The minimum absolute atomic E-state index is 1.21. The second-order valence-electron chi connectivity index (χ2n) is 12.5. The first-order valence-corrected chi connectivity index (χ1v) is 22.8. The second-order valence-corrected chi connectivity index (χ2v) is 17.3. The lowest BCUT2D eigenvalue weighted by Crippen LogP contribution is -1.94. The van der Waals surface area contributed by atoms with E-state index >= 15 is 0 Å². The van der Waals surface area contributed by atoms with Crippen molar-refractivity contribution in [1.29, 1.82) is 0 Å². The van der Waals surface area contributed by atoms with Gasteiger partial charge in [-0.25, -0.2) is 0 Å². The maximum absolute atomic E-state index is 2.35. The van der Waals surface area contributed by atoms with Gasteiger partial charge < -0.3 is 0 Å². The van der Waals surface area contributed by atoms with Crippen LogP contribution in [0.5, 0.6) is 0 Å². The molecule has 0 nitrogen and oxygen atoms in total. The topological polar surface area (TPSA) is 0 Å². The molecule has 0 aliphatic carbocycles. The third-order valence-electron chi connectivity index (χ3n) is 8.30. The van der Waals surface area contributed by atoms with Crippen molar-refractivity contribution in [1.82, 2.24) is 0 Å². The van der Waals surface area contributed by atoms with Crippen LogP contribution >= 0.6 is 46.2 Å². The molecule has 0 radical (unpaired) electrons. The second kappa shape index (κ2) is 28.3. The fourth-order valence-electron chi connectivity index (χ4n) is 5.38. The van der Waals surface area contributed by atoms with E-state index in [9.17, 15) is 0 Å². The average Bonchev–Trinajstić information content (AvgIpc) is 3.60. The van der Waals surface area contributed by atoms with Crippen LogP contribution in [0, 0.1) is 0 Å². The normalized spacial score (nSPS) is 12.7. The first-order chi connectivity index (χ1) is 23.6. The number of thiophene rings is 2. The molecule has 0 N–H and O–H groups in total. The molecule has 0 atom stereocenters. The Morgan fingerprint density at radius 3 is 0.979 bits per heavy atom. The summed E-state index contributed by atoms with van der Waals surface area (Å²) in [6.45, 7) is 13.8. The van der Waals surface area contributed by atoms with Crippen LogP contribution < -0.4 is 0 Å². The summed E-state index contributed by atoms with van der Waals surface area (Å²) < 4.78 is 3.16. The highest BCUT2D eigenvalue weighted by molar-refractivity contribution is 8.01. The Hall–Kier alpha value is -1.46. The summed E-state index contributed by atoms with van der Waals surface area (Å²) in [6, 6.07) is 0. The van der Waals surface area contributed by atoms with Gasteiger partial charge in [0.2, 0.25) is 0 Å². The molecule has 0 amide bonds. The molecule has 0 unspecified atom stereocenters. The molecule has 0 saturated heterocycles. The summed E-state index contributed by atoms with van der Waals surface area (Å²) in [6.07, 6.45) is 46.4. The molecule has 48 heavy (non-hydrogen) atoms. The standard InChI is InChI=1S/C44H66S4/c1-7-13-29-37-39(31-15-9-3)43(45-35-17-11-5)47-41(37)33-27-25-23-21-19-20-22-24-26-28-34-42-38(30-14-8-2)40(32-16-10-4)44(48-42)46-36-18-12-6/h19-28,33-34H,7-18,29-32,35-36H2,1-6H3/b21-19+,22-20+,25-23+,26-24+,33-27+,34-28+. The van der Waals surface area contributed by atoms with Gasteiger partial charge in [-0.15, -0.1) is 46.2 Å². The van der Waals surface area contributed by atoms with Gasteiger partial charge in [0.15, 0.2) is 0 Å². The first-order valence-electron chi connectivity index (χ1n) is 19.2. The van der Waals surface area contributed by atoms with Crippen molar-refractivity contribution in [2.24, 2.45) is 0 Å². The van der Waals surface area contributed by atoms with Gasteiger partial charge in [0.1, 0.15) is 0 Å². The van der Waals surface area contributed by atoms with Crippen LogP contribution in [0.1, 0.15) is 151 Å². The van der Waals surface area contributed by atoms with Crippen LogP contribution in [0.3, 0.4) is 0 Å². The van der Waals surface area contributed by atoms with Crippen molar-refractivity contribution in [3.8, 4) is 0 Å². The highest BCUT2D eigenvalue weighted by atomic mass is 32.2. The van der Waals surface area contributed by atoms with Gasteiger partial charge >= 0.3 is 0 Å². The highest BCUT2D eigenvalue weighted by Gasteiger charge is 2.17. The van der Waals surface area contributed by atoms with Crippen molar-refractivity contribution >= 4 is 58.3 Å². The summed E-state index contributed by atoms with van der Waals surface area (Å²) in [4.78, 5) is 2.95. The fraction of sp³-hybridized carbons (Fsp3) is 0.545. The van der Waals surface area contributed by atoms with E-state index < -0.39 is 0 Å². The van der Waals surface area contributed by atoms with E-state index in [0.717, 1.165) is 0 Å². The van der Waals surface area contributed by atoms with Gasteiger partial charge in [0.05, 0.1) is 8.42 Å². The monoisotopic (exact) mass is 722 g/mol. The number of hydrogen-bond donors (Lipinski definition) is 0. The number of rotatable bonds is 27. The molecule has 0 saturated carbocycles. The molecule has 0 aliphatic rings. The Labute approximate surface area is 313 Å². The summed E-state index contributed by atoms with van der Waals surface area (Å²) in [7, 11) is 0. The number of unbranched alkanes of at least 4 members (excludes halogenated alkanes) is 6. The van der Waals surface area contributed by atoms with Gasteiger partial charge in [0, 0.05) is 9.75 Å². The third-order valence-corrected chi connectivity index (χ3v) is 13.6. The minimum Gasteiger partial charge on any atom is -0.129 e. The van der Waals surface area contributed by atoms with E-state index in [4.69, 9.17) is 0 Å². The first kappa shape index (κ1) is 42.7. The molecule has 2 aromatic rings. The SMILES string of the molecule is CCCCSc1sc(/C=C/C=C/C=C/C=C/C=C/C=C/c2sc(SCCCC)c(CCCC)c2CCCC)c(CCCC)c1CCCC. The van der Waals surface area contributed by atoms with Crippen LogP contribution in [-0.4, -0.2) is 11.5 Å². The zero-order chi connectivity index (χ0) is 34.7. The predicted molar refractivity (Wildman–Crippen MR) is 229 cm³/mol. The zero-order valence-corrected chi connectivity index (χ0v) is 34.6. The van der Waals surface area contributed by atoms with Crippen molar-refractivity contribution in [3.05, 3.63) is 92.8 Å². The third kappa shape index (κ3) is 16.5. The molecule has 2 rings (SSSR count). The Morgan fingerprint density at radius 2 is 0.667 bits per heavy atom. The van der Waals surface area contributed by atoms with Crippen LogP contribution in [-0.2, 0) is 25.7 Å². The van der Waals surface area contributed by atoms with E-state index in [1.807, 2.05) is 22.7 Å². The fourth-order valence-corrected chi connectivity index (χ4v) is 11.0. The van der Waals surface area contributed by atoms with Crippen molar-refractivity contribution < 1.29 is 0 Å². The van der Waals surface area contributed by atoms with E-state index in [1.54, 1.807) is 30.7 Å². The summed E-state index contributed by atoms with van der Waals surface area (Å²) in [5.41, 5.74) is 6.56. The van der Waals surface area contributed by atoms with E-state index in [1.165, 1.54) is 124 Å². The molecule has 0 spiro atoms.